The third kappa shape index (κ3) is 5.08. The molecule has 1 aliphatic heterocycles. The molecule has 0 amide bonds. The van der Waals surface area contributed by atoms with Gasteiger partial charge in [-0.05, 0) is 48.8 Å². The first kappa shape index (κ1) is 24.6. The summed E-state index contributed by atoms with van der Waals surface area (Å²) in [7, 11) is 0. The fraction of sp³-hybridized carbons (Fsp3) is 0.333. The molecule has 2 unspecified atom stereocenters. The molecule has 2 aromatic carbocycles. The second-order valence-electron chi connectivity index (χ2n) is 8.42. The summed E-state index contributed by atoms with van der Waals surface area (Å²) in [4.78, 5) is 26.7. The molecule has 0 saturated carbocycles. The Morgan fingerprint density at radius 2 is 1.91 bits per heavy atom. The number of Topliss-reactive ketones (excluding diaryl/α,β-unsaturated/α-hetero) is 1. The maximum absolute atomic E-state index is 15.0. The van der Waals surface area contributed by atoms with Crippen molar-refractivity contribution in [2.75, 3.05) is 18.1 Å². The quantitative estimate of drug-likeness (QED) is 0.366. The van der Waals surface area contributed by atoms with E-state index in [1.54, 1.807) is 36.9 Å². The summed E-state index contributed by atoms with van der Waals surface area (Å²) < 4.78 is 20.5. The van der Waals surface area contributed by atoms with Crippen molar-refractivity contribution in [3.05, 3.63) is 93.0 Å². The van der Waals surface area contributed by atoms with Crippen molar-refractivity contribution in [1.82, 2.24) is 5.32 Å². The Hall–Kier alpha value is -2.57. The van der Waals surface area contributed by atoms with E-state index in [1.165, 1.54) is 6.07 Å². The summed E-state index contributed by atoms with van der Waals surface area (Å²) in [6.45, 7) is 4.08. The van der Waals surface area contributed by atoms with Crippen LogP contribution in [-0.4, -0.2) is 29.9 Å². The van der Waals surface area contributed by atoms with E-state index in [4.69, 9.17) is 16.3 Å². The number of hydrogen-bond acceptors (Lipinski definition) is 5. The first-order chi connectivity index (χ1) is 16.4. The van der Waals surface area contributed by atoms with Crippen molar-refractivity contribution in [3.63, 3.8) is 0 Å². The van der Waals surface area contributed by atoms with Crippen molar-refractivity contribution in [1.29, 1.82) is 0 Å². The largest absolute Gasteiger partial charge is 0.461 e. The van der Waals surface area contributed by atoms with Crippen molar-refractivity contribution >= 4 is 35.1 Å². The van der Waals surface area contributed by atoms with Gasteiger partial charge in [-0.2, -0.15) is 11.8 Å². The Bertz CT molecular complexity index is 1160. The van der Waals surface area contributed by atoms with E-state index in [0.29, 0.717) is 39.6 Å². The molecule has 4 rings (SSSR count). The Kier molecular flexibility index (Phi) is 7.79. The number of allylic oxidation sites excluding steroid dienone is 3. The molecule has 0 spiro atoms. The molecule has 2 atom stereocenters. The second kappa shape index (κ2) is 10.8. The molecule has 1 aliphatic carbocycles. The van der Waals surface area contributed by atoms with Gasteiger partial charge in [0.1, 0.15) is 12.4 Å². The van der Waals surface area contributed by atoms with Gasteiger partial charge in [0.05, 0.1) is 11.5 Å². The van der Waals surface area contributed by atoms with Gasteiger partial charge < -0.3 is 10.1 Å². The summed E-state index contributed by atoms with van der Waals surface area (Å²) in [6, 6.07) is 13.8. The van der Waals surface area contributed by atoms with Crippen molar-refractivity contribution in [2.24, 2.45) is 0 Å². The number of rotatable bonds is 7. The summed E-state index contributed by atoms with van der Waals surface area (Å²) in [6.07, 6.45) is 0.863. The van der Waals surface area contributed by atoms with Crippen LogP contribution in [-0.2, 0) is 14.3 Å². The topological polar surface area (TPSA) is 55.4 Å². The van der Waals surface area contributed by atoms with Crippen molar-refractivity contribution < 1.29 is 18.7 Å². The zero-order valence-electron chi connectivity index (χ0n) is 19.2. The SMILES string of the molecule is CCSCCOC(=O)C1=C(C)NC2=C(C(=O)CC(c3ccc(Cl)cc3)C2)C1c1ccccc1F. The summed E-state index contributed by atoms with van der Waals surface area (Å²) in [5.74, 6) is -0.281. The maximum atomic E-state index is 15.0. The molecule has 0 fully saturated rings. The smallest absolute Gasteiger partial charge is 0.336 e. The Morgan fingerprint density at radius 1 is 1.18 bits per heavy atom. The highest BCUT2D eigenvalue weighted by molar-refractivity contribution is 7.99. The third-order valence-electron chi connectivity index (χ3n) is 6.27. The molecule has 7 heteroatoms. The minimum atomic E-state index is -0.803. The van der Waals surface area contributed by atoms with E-state index in [-0.39, 0.29) is 24.7 Å². The van der Waals surface area contributed by atoms with Gasteiger partial charge in [-0.1, -0.05) is 48.9 Å². The fourth-order valence-corrected chi connectivity index (χ4v) is 5.33. The van der Waals surface area contributed by atoms with E-state index in [9.17, 15) is 9.59 Å². The maximum Gasteiger partial charge on any atom is 0.336 e. The van der Waals surface area contributed by atoms with Crippen molar-refractivity contribution in [2.45, 2.75) is 38.5 Å². The molecule has 34 heavy (non-hydrogen) atoms. The number of benzene rings is 2. The molecular weight excluding hydrogens is 473 g/mol. The third-order valence-corrected chi connectivity index (χ3v) is 7.39. The molecular formula is C27H27ClFNO3S. The molecule has 1 heterocycles. The van der Waals surface area contributed by atoms with Crippen LogP contribution in [0.4, 0.5) is 4.39 Å². The predicted octanol–water partition coefficient (Wildman–Crippen LogP) is 6.14. The molecule has 2 aliphatic rings. The number of thioether (sulfide) groups is 1. The number of dihydropyridines is 1. The summed E-state index contributed by atoms with van der Waals surface area (Å²) in [5.41, 5.74) is 3.40. The van der Waals surface area contributed by atoms with Gasteiger partial charge in [0.15, 0.2) is 5.78 Å². The zero-order valence-corrected chi connectivity index (χ0v) is 20.8. The minimum absolute atomic E-state index is 0.0235. The minimum Gasteiger partial charge on any atom is -0.461 e. The Balaban J connectivity index is 1.72. The fourth-order valence-electron chi connectivity index (χ4n) is 4.72. The molecule has 4 nitrogen and oxygen atoms in total. The summed E-state index contributed by atoms with van der Waals surface area (Å²) >= 11 is 7.71. The number of ether oxygens (including phenoxy) is 1. The van der Waals surface area contributed by atoms with E-state index < -0.39 is 17.7 Å². The number of hydrogen-bond donors (Lipinski definition) is 1. The lowest BCUT2D eigenvalue weighted by Gasteiger charge is -2.36. The first-order valence-electron chi connectivity index (χ1n) is 11.4. The van der Waals surface area contributed by atoms with Crippen LogP contribution in [0.5, 0.6) is 0 Å². The van der Waals surface area contributed by atoms with Gasteiger partial charge in [0, 0.05) is 39.7 Å². The van der Waals surface area contributed by atoms with E-state index in [2.05, 4.69) is 5.32 Å². The predicted molar refractivity (Wildman–Crippen MR) is 134 cm³/mol. The van der Waals surface area contributed by atoms with E-state index in [1.807, 2.05) is 31.2 Å². The highest BCUT2D eigenvalue weighted by Crippen LogP contribution is 2.46. The van der Waals surface area contributed by atoms with Gasteiger partial charge in [-0.25, -0.2) is 9.18 Å². The van der Waals surface area contributed by atoms with Crippen LogP contribution in [0.25, 0.3) is 0 Å². The lowest BCUT2D eigenvalue weighted by atomic mass is 9.71. The molecule has 0 bridgehead atoms. The van der Waals surface area contributed by atoms with Gasteiger partial charge in [0.2, 0.25) is 0 Å². The number of halogens is 2. The molecule has 178 valence electrons. The molecule has 2 aromatic rings. The highest BCUT2D eigenvalue weighted by Gasteiger charge is 2.42. The standard InChI is InChI=1S/C27H27ClFNO3S/c1-3-34-13-12-33-27(32)24-16(2)30-22-14-18(17-8-10-19(28)11-9-17)15-23(31)26(22)25(24)20-6-4-5-7-21(20)29/h4-11,18,25,30H,3,12-15H2,1-2H3. The lowest BCUT2D eigenvalue weighted by Crippen LogP contribution is -2.36. The van der Waals surface area contributed by atoms with Gasteiger partial charge in [-0.3, -0.25) is 4.79 Å². The molecule has 0 radical (unpaired) electrons. The summed E-state index contributed by atoms with van der Waals surface area (Å²) in [5, 5.41) is 3.93. The van der Waals surface area contributed by atoms with Gasteiger partial charge >= 0.3 is 5.97 Å². The van der Waals surface area contributed by atoms with Crippen LogP contribution in [0.3, 0.4) is 0 Å². The van der Waals surface area contributed by atoms with Crippen LogP contribution in [0, 0.1) is 5.82 Å². The average molecular weight is 500 g/mol. The molecule has 0 saturated heterocycles. The molecule has 0 aromatic heterocycles. The Labute approximate surface area is 208 Å². The normalized spacial score (nSPS) is 20.2. The first-order valence-corrected chi connectivity index (χ1v) is 12.9. The lowest BCUT2D eigenvalue weighted by molar-refractivity contribution is -0.138. The zero-order chi connectivity index (χ0) is 24.2. The number of esters is 1. The highest BCUT2D eigenvalue weighted by atomic mass is 35.5. The number of nitrogens with one attached hydrogen (secondary N) is 1. The van der Waals surface area contributed by atoms with Crippen LogP contribution in [0.1, 0.15) is 49.7 Å². The number of carbonyl (C=O) groups excluding carboxylic acids is 2. The van der Waals surface area contributed by atoms with Crippen LogP contribution >= 0.6 is 23.4 Å². The van der Waals surface area contributed by atoms with E-state index in [0.717, 1.165) is 17.0 Å². The van der Waals surface area contributed by atoms with Crippen molar-refractivity contribution in [3.8, 4) is 0 Å². The van der Waals surface area contributed by atoms with Crippen LogP contribution in [0.15, 0.2) is 71.1 Å². The van der Waals surface area contributed by atoms with Crippen LogP contribution in [0.2, 0.25) is 5.02 Å². The van der Waals surface area contributed by atoms with Gasteiger partial charge in [-0.15, -0.1) is 0 Å². The van der Waals surface area contributed by atoms with Crippen LogP contribution < -0.4 is 5.32 Å². The van der Waals surface area contributed by atoms with E-state index >= 15 is 4.39 Å². The Morgan fingerprint density at radius 3 is 2.62 bits per heavy atom. The number of ketones is 1. The number of carbonyl (C=O) groups is 2. The van der Waals surface area contributed by atoms with Gasteiger partial charge in [0.25, 0.3) is 0 Å². The average Bonchev–Trinajstić information content (AvgIpc) is 2.81. The monoisotopic (exact) mass is 499 g/mol. The second-order valence-corrected chi connectivity index (χ2v) is 10.3. The molecule has 1 N–H and O–H groups in total.